The molecule has 7 heteroatoms. The Morgan fingerprint density at radius 2 is 2.12 bits per heavy atom. The molecule has 0 saturated carbocycles. The molecule has 1 rings (SSSR count). The van der Waals surface area contributed by atoms with Gasteiger partial charge < -0.3 is 5.11 Å². The summed E-state index contributed by atoms with van der Waals surface area (Å²) in [6, 6.07) is 3.30. The molecule has 1 aromatic rings. The summed E-state index contributed by atoms with van der Waals surface area (Å²) in [6.45, 7) is 1.67. The van der Waals surface area contributed by atoms with Crippen molar-refractivity contribution < 1.29 is 13.5 Å². The lowest BCUT2D eigenvalue weighted by atomic mass is 10.2. The first-order valence-corrected chi connectivity index (χ1v) is 7.75. The van der Waals surface area contributed by atoms with Gasteiger partial charge in [-0.25, -0.2) is 8.42 Å². The van der Waals surface area contributed by atoms with Gasteiger partial charge in [0.25, 0.3) is 0 Å². The van der Waals surface area contributed by atoms with Gasteiger partial charge in [0, 0.05) is 16.1 Å². The van der Waals surface area contributed by atoms with E-state index in [1.54, 1.807) is 12.1 Å². The summed E-state index contributed by atoms with van der Waals surface area (Å²) in [6.07, 6.45) is 0.201. The van der Waals surface area contributed by atoms with Crippen LogP contribution in [0.1, 0.15) is 12.0 Å². The van der Waals surface area contributed by atoms with E-state index in [1.807, 2.05) is 6.92 Å². The Hall–Kier alpha value is -0.300. The zero-order chi connectivity index (χ0) is 13.1. The topological polar surface area (TPSA) is 66.4 Å². The Morgan fingerprint density at radius 3 is 2.71 bits per heavy atom. The fraction of sp³-hybridized carbons (Fsp3) is 0.400. The van der Waals surface area contributed by atoms with Crippen LogP contribution >= 0.6 is 27.5 Å². The van der Waals surface area contributed by atoms with Gasteiger partial charge in [-0.1, -0.05) is 11.6 Å². The predicted molar refractivity (Wildman–Crippen MR) is 73.0 cm³/mol. The van der Waals surface area contributed by atoms with Crippen LogP contribution in [0.2, 0.25) is 5.02 Å². The Balaban J connectivity index is 2.92. The van der Waals surface area contributed by atoms with Gasteiger partial charge in [0.05, 0.1) is 11.4 Å². The number of aliphatic hydroxyl groups excluding tert-OH is 1. The smallest absolute Gasteiger partial charge is 0.232 e. The van der Waals surface area contributed by atoms with Crippen molar-refractivity contribution in [1.29, 1.82) is 0 Å². The van der Waals surface area contributed by atoms with E-state index in [-0.39, 0.29) is 18.8 Å². The summed E-state index contributed by atoms with van der Waals surface area (Å²) in [5.74, 6) is -0.124. The van der Waals surface area contributed by atoms with Gasteiger partial charge in [-0.05, 0) is 47.0 Å². The van der Waals surface area contributed by atoms with Crippen molar-refractivity contribution in [2.24, 2.45) is 0 Å². The molecule has 0 spiro atoms. The normalized spacial score (nSPS) is 11.5. The zero-order valence-electron chi connectivity index (χ0n) is 9.20. The molecule has 2 N–H and O–H groups in total. The lowest BCUT2D eigenvalue weighted by molar-refractivity contribution is 0.295. The molecule has 0 unspecified atom stereocenters. The van der Waals surface area contributed by atoms with Crippen LogP contribution in [-0.4, -0.2) is 25.9 Å². The summed E-state index contributed by atoms with van der Waals surface area (Å²) in [7, 11) is -3.45. The highest BCUT2D eigenvalue weighted by Gasteiger charge is 2.13. The molecule has 0 aliphatic carbocycles. The second-order valence-corrected chi connectivity index (χ2v) is 6.68. The predicted octanol–water partition coefficient (Wildman–Crippen LogP) is 2.54. The van der Waals surface area contributed by atoms with E-state index in [2.05, 4.69) is 20.7 Å². The molecule has 0 saturated heterocycles. The summed E-state index contributed by atoms with van der Waals surface area (Å²) < 4.78 is 26.3. The molecule has 0 amide bonds. The van der Waals surface area contributed by atoms with Crippen molar-refractivity contribution in [1.82, 2.24) is 0 Å². The van der Waals surface area contributed by atoms with Crippen molar-refractivity contribution in [3.8, 4) is 0 Å². The molecule has 0 aliphatic rings. The van der Waals surface area contributed by atoms with E-state index in [4.69, 9.17) is 16.7 Å². The maximum Gasteiger partial charge on any atom is 0.232 e. The second-order valence-electron chi connectivity index (χ2n) is 3.58. The lowest BCUT2D eigenvalue weighted by Crippen LogP contribution is -2.17. The molecule has 4 nitrogen and oxygen atoms in total. The van der Waals surface area contributed by atoms with E-state index >= 15 is 0 Å². The second kappa shape index (κ2) is 6.04. The van der Waals surface area contributed by atoms with Crippen molar-refractivity contribution in [3.63, 3.8) is 0 Å². The summed E-state index contributed by atoms with van der Waals surface area (Å²) in [5.41, 5.74) is 1.26. The average molecular weight is 343 g/mol. The van der Waals surface area contributed by atoms with Gasteiger partial charge >= 0.3 is 0 Å². The van der Waals surface area contributed by atoms with Gasteiger partial charge in [0.15, 0.2) is 0 Å². The molecule has 0 fully saturated rings. The van der Waals surface area contributed by atoms with Crippen LogP contribution in [0.25, 0.3) is 0 Å². The fourth-order valence-corrected chi connectivity index (χ4v) is 3.16. The van der Waals surface area contributed by atoms with Crippen LogP contribution in [-0.2, 0) is 10.0 Å². The Labute approximate surface area is 114 Å². The third-order valence-electron chi connectivity index (χ3n) is 2.08. The van der Waals surface area contributed by atoms with Crippen LogP contribution in [0.4, 0.5) is 5.69 Å². The number of hydrogen-bond acceptors (Lipinski definition) is 3. The maximum absolute atomic E-state index is 11.6. The first-order valence-electron chi connectivity index (χ1n) is 4.93. The molecule has 0 bridgehead atoms. The van der Waals surface area contributed by atoms with E-state index in [0.29, 0.717) is 15.2 Å². The van der Waals surface area contributed by atoms with E-state index < -0.39 is 10.0 Å². The maximum atomic E-state index is 11.6. The minimum Gasteiger partial charge on any atom is -0.396 e. The molecule has 96 valence electrons. The Morgan fingerprint density at radius 1 is 1.47 bits per heavy atom. The number of aryl methyl sites for hydroxylation is 1. The van der Waals surface area contributed by atoms with Crippen LogP contribution in [0.3, 0.4) is 0 Å². The molecular formula is C10H13BrClNO3S. The van der Waals surface area contributed by atoms with Gasteiger partial charge in [0.2, 0.25) is 10.0 Å². The number of nitrogens with one attached hydrogen (secondary N) is 1. The minimum atomic E-state index is -3.45. The monoisotopic (exact) mass is 341 g/mol. The minimum absolute atomic E-state index is 0.124. The molecule has 0 aromatic heterocycles. The lowest BCUT2D eigenvalue weighted by Gasteiger charge is -2.10. The Kier molecular flexibility index (Phi) is 5.24. The molecule has 0 aliphatic heterocycles. The highest BCUT2D eigenvalue weighted by Crippen LogP contribution is 2.29. The number of rotatable bonds is 5. The van der Waals surface area contributed by atoms with Crippen LogP contribution in [0.5, 0.6) is 0 Å². The molecule has 0 heterocycles. The van der Waals surface area contributed by atoms with Crippen molar-refractivity contribution in [3.05, 3.63) is 27.2 Å². The van der Waals surface area contributed by atoms with Crippen LogP contribution < -0.4 is 4.72 Å². The van der Waals surface area contributed by atoms with E-state index in [9.17, 15) is 8.42 Å². The molecule has 0 radical (unpaired) electrons. The van der Waals surface area contributed by atoms with Gasteiger partial charge in [-0.2, -0.15) is 0 Å². The zero-order valence-corrected chi connectivity index (χ0v) is 12.4. The highest BCUT2D eigenvalue weighted by atomic mass is 79.9. The number of hydrogen-bond donors (Lipinski definition) is 2. The highest BCUT2D eigenvalue weighted by molar-refractivity contribution is 9.10. The number of sulfonamides is 1. The third kappa shape index (κ3) is 4.46. The third-order valence-corrected chi connectivity index (χ3v) is 4.51. The fourth-order valence-electron chi connectivity index (χ4n) is 1.20. The first kappa shape index (κ1) is 14.8. The SMILES string of the molecule is Cc1cc(Br)c(NS(=O)(=O)CCCO)cc1Cl. The van der Waals surface area contributed by atoms with Crippen LogP contribution in [0.15, 0.2) is 16.6 Å². The van der Waals surface area contributed by atoms with Gasteiger partial charge in [0.1, 0.15) is 0 Å². The average Bonchev–Trinajstić information content (AvgIpc) is 2.23. The summed E-state index contributed by atoms with van der Waals surface area (Å²) in [4.78, 5) is 0. The van der Waals surface area contributed by atoms with Crippen molar-refractivity contribution in [2.75, 3.05) is 17.1 Å². The molecule has 17 heavy (non-hydrogen) atoms. The van der Waals surface area contributed by atoms with Crippen molar-refractivity contribution in [2.45, 2.75) is 13.3 Å². The molecular weight excluding hydrogens is 330 g/mol. The Bertz CT molecular complexity index is 505. The number of halogens is 2. The van der Waals surface area contributed by atoms with E-state index in [1.165, 1.54) is 0 Å². The van der Waals surface area contributed by atoms with Crippen molar-refractivity contribution >= 4 is 43.2 Å². The van der Waals surface area contributed by atoms with E-state index in [0.717, 1.165) is 5.56 Å². The standard InChI is InChI=1S/C10H13BrClNO3S/c1-7-5-8(11)10(6-9(7)12)13-17(15,16)4-2-3-14/h5-6,13-14H,2-4H2,1H3. The number of aliphatic hydroxyl groups is 1. The number of benzene rings is 1. The van der Waals surface area contributed by atoms with Gasteiger partial charge in [-0.15, -0.1) is 0 Å². The quantitative estimate of drug-likeness (QED) is 0.864. The van der Waals surface area contributed by atoms with Crippen LogP contribution in [0, 0.1) is 6.92 Å². The first-order chi connectivity index (χ1) is 7.85. The van der Waals surface area contributed by atoms with Gasteiger partial charge in [-0.3, -0.25) is 4.72 Å². The molecule has 0 atom stereocenters. The largest absolute Gasteiger partial charge is 0.396 e. The molecule has 1 aromatic carbocycles. The number of anilines is 1. The summed E-state index contributed by atoms with van der Waals surface area (Å²) in [5, 5.41) is 9.10. The summed E-state index contributed by atoms with van der Waals surface area (Å²) >= 11 is 9.19.